The number of ether oxygens (including phenoxy) is 2. The first-order valence-corrected chi connectivity index (χ1v) is 18.2. The number of carbonyl (C=O) groups excluding carboxylic acids is 1. The molecule has 1 aliphatic rings. The Labute approximate surface area is 286 Å². The molecule has 1 N–H and O–H groups in total. The molecule has 4 rings (SSSR count). The van der Waals surface area contributed by atoms with Crippen LogP contribution in [0.2, 0.25) is 0 Å². The van der Waals surface area contributed by atoms with Crippen molar-refractivity contribution in [3.63, 3.8) is 0 Å². The molecule has 0 radical (unpaired) electrons. The molecule has 3 aromatic rings. The predicted molar refractivity (Wildman–Crippen MR) is 185 cm³/mol. The molecular formula is C34H42BBrClNO7S. The molecule has 248 valence electrons. The van der Waals surface area contributed by atoms with Crippen LogP contribution in [0.4, 0.5) is 0 Å². The van der Waals surface area contributed by atoms with Crippen LogP contribution < -0.4 is 15.5 Å². The van der Waals surface area contributed by atoms with Gasteiger partial charge >= 0.3 is 13.1 Å². The van der Waals surface area contributed by atoms with E-state index in [9.17, 15) is 13.2 Å². The highest BCUT2D eigenvalue weighted by atomic mass is 79.9. The molecule has 1 unspecified atom stereocenters. The Morgan fingerprint density at radius 3 is 2.33 bits per heavy atom. The normalized spacial score (nSPS) is 17.0. The fourth-order valence-corrected chi connectivity index (χ4v) is 7.58. The number of esters is 1. The third-order valence-corrected chi connectivity index (χ3v) is 11.0. The zero-order chi connectivity index (χ0) is 34.1. The van der Waals surface area contributed by atoms with Crippen molar-refractivity contribution in [2.75, 3.05) is 13.8 Å². The molecule has 1 aliphatic heterocycles. The molecule has 1 fully saturated rings. The molecule has 0 bridgehead atoms. The number of hydrogen-bond donors (Lipinski definition) is 1. The van der Waals surface area contributed by atoms with Gasteiger partial charge in [0, 0.05) is 27.3 Å². The van der Waals surface area contributed by atoms with Crippen LogP contribution in [0.5, 0.6) is 5.75 Å². The van der Waals surface area contributed by atoms with Crippen molar-refractivity contribution in [2.24, 2.45) is 0 Å². The van der Waals surface area contributed by atoms with Crippen LogP contribution in [0.15, 0.2) is 64.0 Å². The number of rotatable bonds is 12. The van der Waals surface area contributed by atoms with Crippen LogP contribution in [-0.4, -0.2) is 46.5 Å². The minimum absolute atomic E-state index is 0.0462. The fraction of sp³-hybridized carbons (Fsp3) is 0.441. The highest BCUT2D eigenvalue weighted by Gasteiger charge is 2.52. The molecule has 12 heteroatoms. The Morgan fingerprint density at radius 1 is 1.02 bits per heavy atom. The molecule has 46 heavy (non-hydrogen) atoms. The van der Waals surface area contributed by atoms with Crippen LogP contribution in [-0.2, 0) is 46.3 Å². The first kappa shape index (κ1) is 36.4. The van der Waals surface area contributed by atoms with E-state index in [1.54, 1.807) is 20.1 Å². The van der Waals surface area contributed by atoms with E-state index in [1.807, 2.05) is 90.1 Å². The van der Waals surface area contributed by atoms with Crippen molar-refractivity contribution < 1.29 is 32.0 Å². The molecule has 1 atom stereocenters. The quantitative estimate of drug-likeness (QED) is 0.0743. The molecule has 8 nitrogen and oxygen atoms in total. The largest absolute Gasteiger partial charge is 0.496 e. The lowest BCUT2D eigenvalue weighted by Crippen LogP contribution is -2.41. The molecule has 0 spiro atoms. The summed E-state index contributed by atoms with van der Waals surface area (Å²) in [5, 5.41) is 3.17. The average Bonchev–Trinajstić information content (AvgIpc) is 3.19. The Kier molecular flexibility index (Phi) is 11.1. The Hall–Kier alpha value is -2.41. The minimum atomic E-state index is -4.03. The Morgan fingerprint density at radius 2 is 1.70 bits per heavy atom. The van der Waals surface area contributed by atoms with Crippen LogP contribution >= 0.6 is 26.6 Å². The smallest absolute Gasteiger partial charge is 0.494 e. The van der Waals surface area contributed by atoms with E-state index in [0.717, 1.165) is 21.1 Å². The summed E-state index contributed by atoms with van der Waals surface area (Å²) in [4.78, 5) is 14.1. The monoisotopic (exact) mass is 733 g/mol. The molecule has 1 heterocycles. The fourth-order valence-electron chi connectivity index (χ4n) is 5.66. The van der Waals surface area contributed by atoms with Gasteiger partial charge in [-0.2, -0.15) is 0 Å². The van der Waals surface area contributed by atoms with Gasteiger partial charge in [0.15, 0.2) is 0 Å². The molecular weight excluding hydrogens is 693 g/mol. The Bertz CT molecular complexity index is 1700. The van der Waals surface area contributed by atoms with Gasteiger partial charge in [-0.3, -0.25) is 10.1 Å². The van der Waals surface area contributed by atoms with E-state index in [0.29, 0.717) is 29.0 Å². The van der Waals surface area contributed by atoms with Gasteiger partial charge in [0.2, 0.25) is 0 Å². The van der Waals surface area contributed by atoms with Crippen molar-refractivity contribution in [1.82, 2.24) is 5.32 Å². The summed E-state index contributed by atoms with van der Waals surface area (Å²) in [6.45, 7) is 13.8. The van der Waals surface area contributed by atoms with Gasteiger partial charge in [-0.25, -0.2) is 8.42 Å². The van der Waals surface area contributed by atoms with E-state index in [4.69, 9.17) is 29.5 Å². The first-order chi connectivity index (χ1) is 21.4. The summed E-state index contributed by atoms with van der Waals surface area (Å²) in [6, 6.07) is 16.9. The van der Waals surface area contributed by atoms with Crippen molar-refractivity contribution in [1.29, 1.82) is 0 Å². The van der Waals surface area contributed by atoms with E-state index < -0.39 is 38.8 Å². The lowest BCUT2D eigenvalue weighted by Gasteiger charge is -2.32. The average molecular weight is 735 g/mol. The molecule has 0 aliphatic carbocycles. The Balaban J connectivity index is 1.63. The van der Waals surface area contributed by atoms with Gasteiger partial charge in [-0.1, -0.05) is 64.0 Å². The lowest BCUT2D eigenvalue weighted by atomic mass is 9.72. The van der Waals surface area contributed by atoms with Crippen molar-refractivity contribution in [2.45, 2.75) is 89.4 Å². The van der Waals surface area contributed by atoms with Gasteiger partial charge < -0.3 is 18.8 Å². The highest BCUT2D eigenvalue weighted by molar-refractivity contribution is 9.10. The molecule has 0 amide bonds. The van der Waals surface area contributed by atoms with Crippen LogP contribution in [0.25, 0.3) is 0 Å². The number of carbonyl (C=O) groups is 1. The maximum absolute atomic E-state index is 14.0. The number of methoxy groups -OCH3 is 1. The second kappa shape index (κ2) is 14.0. The molecule has 3 aromatic carbocycles. The minimum Gasteiger partial charge on any atom is -0.496 e. The number of halogens is 2. The van der Waals surface area contributed by atoms with Crippen molar-refractivity contribution in [3.05, 3.63) is 86.9 Å². The summed E-state index contributed by atoms with van der Waals surface area (Å²) in [5.74, 6) is 0.240. The molecule has 1 saturated heterocycles. The maximum atomic E-state index is 14.0. The van der Waals surface area contributed by atoms with Crippen LogP contribution in [0, 0.1) is 13.8 Å². The third-order valence-electron chi connectivity index (χ3n) is 9.00. The second-order valence-electron chi connectivity index (χ2n) is 13.0. The highest BCUT2D eigenvalue weighted by Crippen LogP contribution is 2.38. The van der Waals surface area contributed by atoms with Gasteiger partial charge in [0.25, 0.3) is 9.05 Å². The first-order valence-electron chi connectivity index (χ1n) is 15.1. The predicted octanol–water partition coefficient (Wildman–Crippen LogP) is 6.48. The maximum Gasteiger partial charge on any atom is 0.494 e. The lowest BCUT2D eigenvalue weighted by molar-refractivity contribution is -0.151. The second-order valence-corrected chi connectivity index (χ2v) is 16.4. The van der Waals surface area contributed by atoms with Crippen LogP contribution in [0.1, 0.15) is 68.9 Å². The summed E-state index contributed by atoms with van der Waals surface area (Å²) in [5.41, 5.74) is 2.14. The topological polar surface area (TPSA) is 100 Å². The SMILES string of the molecule is COc1cc(Br)ccc1CNCOC(=O)C(C)(CCc1cc(C)cc(C)c1S(=O)(=O)Cl)c1cccc(B2OC(C)(C)C(C)(C)O2)c1. The van der Waals surface area contributed by atoms with E-state index in [2.05, 4.69) is 21.2 Å². The van der Waals surface area contributed by atoms with Crippen molar-refractivity contribution >= 4 is 54.2 Å². The summed E-state index contributed by atoms with van der Waals surface area (Å²) in [6.07, 6.45) is 0.515. The number of aryl methyl sites for hydroxylation is 3. The zero-order valence-electron chi connectivity index (χ0n) is 27.6. The van der Waals surface area contributed by atoms with Crippen molar-refractivity contribution in [3.8, 4) is 5.75 Å². The number of nitrogens with one attached hydrogen (secondary N) is 1. The number of benzene rings is 3. The van der Waals surface area contributed by atoms with Gasteiger partial charge in [0.05, 0.1) is 28.6 Å². The summed E-state index contributed by atoms with van der Waals surface area (Å²) >= 11 is 3.45. The summed E-state index contributed by atoms with van der Waals surface area (Å²) in [7, 11) is 2.84. The van der Waals surface area contributed by atoms with Gasteiger partial charge in [-0.15, -0.1) is 0 Å². The summed E-state index contributed by atoms with van der Waals surface area (Å²) < 4.78 is 50.0. The van der Waals surface area contributed by atoms with E-state index >= 15 is 0 Å². The molecule has 0 aromatic heterocycles. The third kappa shape index (κ3) is 7.99. The van der Waals surface area contributed by atoms with Gasteiger partial charge in [-0.05, 0) is 95.6 Å². The van der Waals surface area contributed by atoms with Gasteiger partial charge in [0.1, 0.15) is 12.5 Å². The molecule has 0 saturated carbocycles. The zero-order valence-corrected chi connectivity index (χ0v) is 30.8. The number of hydrogen-bond acceptors (Lipinski definition) is 8. The van der Waals surface area contributed by atoms with E-state index in [-0.39, 0.29) is 24.5 Å². The van der Waals surface area contributed by atoms with Crippen LogP contribution in [0.3, 0.4) is 0 Å². The van der Waals surface area contributed by atoms with E-state index in [1.165, 1.54) is 0 Å². The standard InChI is InChI=1S/C34H42BBrClNO7S/c1-22-16-23(2)30(46(37,40)41)24(17-22)14-15-34(7,31(39)43-21-38-20-25-12-13-28(36)19-29(25)42-8)26-10-9-11-27(18-26)35-44-32(3,4)33(5,6)45-35/h9-13,16-19,38H,14-15,20-21H2,1-8H3.